The van der Waals surface area contributed by atoms with E-state index in [1.807, 2.05) is 49.4 Å². The van der Waals surface area contributed by atoms with Crippen LogP contribution in [-0.4, -0.2) is 24.5 Å². The van der Waals surface area contributed by atoms with Crippen molar-refractivity contribution in [2.24, 2.45) is 4.99 Å². The van der Waals surface area contributed by atoms with Crippen LogP contribution in [0.15, 0.2) is 77.8 Å². The number of methoxy groups -OCH3 is 1. The number of benzene rings is 3. The molecule has 3 nitrogen and oxygen atoms in total. The Hall–Kier alpha value is -2.92. The molecule has 5 heteroatoms. The van der Waals surface area contributed by atoms with E-state index in [0.29, 0.717) is 10.6 Å². The van der Waals surface area contributed by atoms with Gasteiger partial charge in [-0.3, -0.25) is 9.79 Å². The number of rotatable bonds is 7. The van der Waals surface area contributed by atoms with Crippen molar-refractivity contribution >= 4 is 22.6 Å². The van der Waals surface area contributed by atoms with Crippen molar-refractivity contribution in [1.82, 2.24) is 0 Å². The lowest BCUT2D eigenvalue weighted by Crippen LogP contribution is -2.08. The summed E-state index contributed by atoms with van der Waals surface area (Å²) in [5.41, 5.74) is 3.48. The van der Waals surface area contributed by atoms with Crippen LogP contribution in [0.2, 0.25) is 0 Å². The fourth-order valence-corrected chi connectivity index (χ4v) is 4.14. The zero-order valence-corrected chi connectivity index (χ0v) is 18.1. The molecule has 154 valence electrons. The van der Waals surface area contributed by atoms with Gasteiger partial charge < -0.3 is 4.74 Å². The van der Waals surface area contributed by atoms with Crippen LogP contribution in [0.1, 0.15) is 39.2 Å². The first-order chi connectivity index (χ1) is 14.5. The van der Waals surface area contributed by atoms with E-state index in [0.717, 1.165) is 22.4 Å². The lowest BCUT2D eigenvalue weighted by Gasteiger charge is -2.17. The molecule has 0 N–H and O–H groups in total. The average Bonchev–Trinajstić information content (AvgIpc) is 2.76. The van der Waals surface area contributed by atoms with Crippen molar-refractivity contribution in [3.63, 3.8) is 0 Å². The second-order valence-electron chi connectivity index (χ2n) is 6.92. The second-order valence-corrected chi connectivity index (χ2v) is 8.25. The summed E-state index contributed by atoms with van der Waals surface area (Å²) in [6, 6.07) is 21.5. The number of nitrogens with zero attached hydrogens (tertiary/aromatic N) is 1. The molecule has 0 heterocycles. The van der Waals surface area contributed by atoms with E-state index in [1.165, 1.54) is 23.9 Å². The molecule has 0 saturated heterocycles. The summed E-state index contributed by atoms with van der Waals surface area (Å²) in [6.07, 6.45) is 0. The smallest absolute Gasteiger partial charge is 0.184 e. The lowest BCUT2D eigenvalue weighted by atomic mass is 10.1. The van der Waals surface area contributed by atoms with E-state index >= 15 is 0 Å². The van der Waals surface area contributed by atoms with Gasteiger partial charge in [0.05, 0.1) is 12.2 Å². The normalized spacial score (nSPS) is 12.5. The van der Waals surface area contributed by atoms with Crippen LogP contribution in [0.5, 0.6) is 5.75 Å². The van der Waals surface area contributed by atoms with Crippen LogP contribution in [-0.2, 0) is 0 Å². The molecule has 0 aromatic heterocycles. The molecule has 3 rings (SSSR count). The number of halogens is 1. The van der Waals surface area contributed by atoms with Gasteiger partial charge in [0.2, 0.25) is 0 Å². The van der Waals surface area contributed by atoms with E-state index in [-0.39, 0.29) is 23.4 Å². The number of carbonyl (C=O) groups is 1. The molecule has 0 radical (unpaired) electrons. The highest BCUT2D eigenvalue weighted by Crippen LogP contribution is 2.36. The Morgan fingerprint density at radius 3 is 2.47 bits per heavy atom. The Morgan fingerprint density at radius 2 is 1.77 bits per heavy atom. The number of ketones is 1. The molecule has 0 aliphatic heterocycles. The standard InChI is InChI=1S/C25H24FNO2S/c1-17-7-6-8-20(15-17)23(28)16-27-25(19-11-13-21(26)14-12-19)30-18(2)22-9-4-5-10-24(22)29-3/h4-15,18H,16H2,1-3H3. The van der Waals surface area contributed by atoms with E-state index in [2.05, 4.69) is 11.9 Å². The molecule has 3 aromatic carbocycles. The molecule has 0 amide bonds. The van der Waals surface area contributed by atoms with Crippen LogP contribution >= 0.6 is 11.8 Å². The Bertz CT molecular complexity index is 1050. The maximum atomic E-state index is 13.4. The fraction of sp³-hybridized carbons (Fsp3) is 0.200. The number of aryl methyl sites for hydroxylation is 1. The van der Waals surface area contributed by atoms with Crippen LogP contribution in [0, 0.1) is 12.7 Å². The van der Waals surface area contributed by atoms with Gasteiger partial charge in [0.25, 0.3) is 0 Å². The molecule has 0 fully saturated rings. The van der Waals surface area contributed by atoms with E-state index < -0.39 is 0 Å². The summed E-state index contributed by atoms with van der Waals surface area (Å²) in [6.45, 7) is 4.04. The van der Waals surface area contributed by atoms with Crippen LogP contribution in [0.25, 0.3) is 0 Å². The van der Waals surface area contributed by atoms with Crippen LogP contribution in [0.4, 0.5) is 4.39 Å². The first kappa shape index (κ1) is 21.8. The monoisotopic (exact) mass is 421 g/mol. The summed E-state index contributed by atoms with van der Waals surface area (Å²) in [5.74, 6) is 0.437. The summed E-state index contributed by atoms with van der Waals surface area (Å²) >= 11 is 1.52. The molecule has 0 bridgehead atoms. The van der Waals surface area contributed by atoms with Crippen molar-refractivity contribution in [2.75, 3.05) is 13.7 Å². The number of hydrogen-bond acceptors (Lipinski definition) is 4. The number of thioether (sulfide) groups is 1. The minimum Gasteiger partial charge on any atom is -0.496 e. The third kappa shape index (κ3) is 5.57. The van der Waals surface area contributed by atoms with Crippen molar-refractivity contribution in [3.05, 3.63) is 101 Å². The van der Waals surface area contributed by atoms with Gasteiger partial charge in [-0.2, -0.15) is 0 Å². The van der Waals surface area contributed by atoms with E-state index in [9.17, 15) is 9.18 Å². The molecular formula is C25H24FNO2S. The van der Waals surface area contributed by atoms with Gasteiger partial charge in [0.15, 0.2) is 5.78 Å². The Kier molecular flexibility index (Phi) is 7.41. The molecule has 0 spiro atoms. The van der Waals surface area contributed by atoms with E-state index in [4.69, 9.17) is 4.74 Å². The van der Waals surface area contributed by atoms with Gasteiger partial charge in [0.1, 0.15) is 18.1 Å². The molecule has 0 aliphatic carbocycles. The molecule has 1 unspecified atom stereocenters. The molecule has 1 atom stereocenters. The van der Waals surface area contributed by atoms with Gasteiger partial charge in [-0.25, -0.2) is 4.39 Å². The van der Waals surface area contributed by atoms with Crippen molar-refractivity contribution < 1.29 is 13.9 Å². The lowest BCUT2D eigenvalue weighted by molar-refractivity contribution is 0.100. The first-order valence-corrected chi connectivity index (χ1v) is 10.6. The Labute approximate surface area is 181 Å². The number of hydrogen-bond donors (Lipinski definition) is 0. The van der Waals surface area contributed by atoms with Crippen LogP contribution in [0.3, 0.4) is 0 Å². The second kappa shape index (κ2) is 10.2. The SMILES string of the molecule is COc1ccccc1C(C)SC(=NCC(=O)c1cccc(C)c1)c1ccc(F)cc1. The van der Waals surface area contributed by atoms with Gasteiger partial charge in [-0.15, -0.1) is 0 Å². The number of carbonyl (C=O) groups excluding carboxylic acids is 1. The molecule has 0 saturated carbocycles. The number of ether oxygens (including phenoxy) is 1. The summed E-state index contributed by atoms with van der Waals surface area (Å²) < 4.78 is 18.9. The Morgan fingerprint density at radius 1 is 1.03 bits per heavy atom. The summed E-state index contributed by atoms with van der Waals surface area (Å²) in [7, 11) is 1.64. The predicted octanol–water partition coefficient (Wildman–Crippen LogP) is 6.27. The Balaban J connectivity index is 1.87. The number of aliphatic imine (C=N–C) groups is 1. The fourth-order valence-electron chi connectivity index (χ4n) is 3.08. The predicted molar refractivity (Wildman–Crippen MR) is 122 cm³/mol. The third-order valence-electron chi connectivity index (χ3n) is 4.66. The van der Waals surface area contributed by atoms with E-state index in [1.54, 1.807) is 25.3 Å². The highest BCUT2D eigenvalue weighted by Gasteiger charge is 2.17. The summed E-state index contributed by atoms with van der Waals surface area (Å²) in [4.78, 5) is 17.3. The highest BCUT2D eigenvalue weighted by molar-refractivity contribution is 8.14. The highest BCUT2D eigenvalue weighted by atomic mass is 32.2. The van der Waals surface area contributed by atoms with Gasteiger partial charge in [-0.1, -0.05) is 53.7 Å². The van der Waals surface area contributed by atoms with Gasteiger partial charge in [0, 0.05) is 21.9 Å². The molecular weight excluding hydrogens is 397 g/mol. The zero-order chi connectivity index (χ0) is 21.5. The molecule has 30 heavy (non-hydrogen) atoms. The number of Topliss-reactive ketones (excluding diaryl/α,β-unsaturated/α-hetero) is 1. The maximum Gasteiger partial charge on any atom is 0.184 e. The topological polar surface area (TPSA) is 38.7 Å². The minimum atomic E-state index is -0.309. The van der Waals surface area contributed by atoms with Gasteiger partial charge in [-0.05, 0) is 50.2 Å². The maximum absolute atomic E-state index is 13.4. The first-order valence-electron chi connectivity index (χ1n) is 9.67. The number of para-hydroxylation sites is 1. The van der Waals surface area contributed by atoms with Crippen molar-refractivity contribution in [3.8, 4) is 5.75 Å². The quantitative estimate of drug-likeness (QED) is 0.256. The van der Waals surface area contributed by atoms with Crippen molar-refractivity contribution in [1.29, 1.82) is 0 Å². The van der Waals surface area contributed by atoms with Crippen LogP contribution < -0.4 is 4.74 Å². The molecule has 0 aliphatic rings. The zero-order valence-electron chi connectivity index (χ0n) is 17.3. The minimum absolute atomic E-state index is 0.0269. The molecule has 3 aromatic rings. The average molecular weight is 422 g/mol. The third-order valence-corrected chi connectivity index (χ3v) is 5.86. The summed E-state index contributed by atoms with van der Waals surface area (Å²) in [5, 5.41) is 0.716. The van der Waals surface area contributed by atoms with Crippen molar-refractivity contribution in [2.45, 2.75) is 19.1 Å². The van der Waals surface area contributed by atoms with Gasteiger partial charge >= 0.3 is 0 Å². The largest absolute Gasteiger partial charge is 0.496 e.